The second kappa shape index (κ2) is 5.97. The third-order valence-electron chi connectivity index (χ3n) is 4.26. The Morgan fingerprint density at radius 2 is 1.92 bits per heavy atom. The molecule has 7 N–H and O–H groups in total. The average molecular weight is 324 g/mol. The Morgan fingerprint density at radius 1 is 1.08 bits per heavy atom. The zero-order valence-electron chi connectivity index (χ0n) is 13.2. The van der Waals surface area contributed by atoms with Crippen molar-refractivity contribution in [3.8, 4) is 11.3 Å². The molecule has 0 unspecified atom stereocenters. The van der Waals surface area contributed by atoms with Crippen LogP contribution in [0, 0.1) is 0 Å². The minimum Gasteiger partial charge on any atom is -0.384 e. The molecule has 4 heterocycles. The van der Waals surface area contributed by atoms with E-state index in [1.54, 1.807) is 6.07 Å². The SMILES string of the molecule is Nc1cc(-c2cc(NC3CCNCC3)nc3[nH]ccc23)nc(N)n1. The van der Waals surface area contributed by atoms with Crippen LogP contribution in [-0.4, -0.2) is 39.1 Å². The van der Waals surface area contributed by atoms with Crippen molar-refractivity contribution in [3.63, 3.8) is 0 Å². The molecule has 3 aromatic heterocycles. The number of aromatic amines is 1. The molecule has 1 saturated heterocycles. The molecule has 0 bridgehead atoms. The van der Waals surface area contributed by atoms with E-state index < -0.39 is 0 Å². The highest BCUT2D eigenvalue weighted by Crippen LogP contribution is 2.30. The minimum atomic E-state index is 0.165. The number of pyridine rings is 1. The van der Waals surface area contributed by atoms with E-state index in [9.17, 15) is 0 Å². The van der Waals surface area contributed by atoms with Gasteiger partial charge in [-0.2, -0.15) is 4.98 Å². The predicted octanol–water partition coefficient (Wildman–Crippen LogP) is 1.35. The topological polar surface area (TPSA) is 131 Å². The number of H-pyrrole nitrogens is 1. The molecule has 0 atom stereocenters. The summed E-state index contributed by atoms with van der Waals surface area (Å²) >= 11 is 0. The summed E-state index contributed by atoms with van der Waals surface area (Å²) in [7, 11) is 0. The van der Waals surface area contributed by atoms with E-state index in [1.165, 1.54) is 0 Å². The number of rotatable bonds is 3. The highest BCUT2D eigenvalue weighted by atomic mass is 15.1. The number of hydrogen-bond donors (Lipinski definition) is 5. The largest absolute Gasteiger partial charge is 0.384 e. The van der Waals surface area contributed by atoms with E-state index in [0.717, 1.165) is 48.3 Å². The molecule has 0 aliphatic carbocycles. The van der Waals surface area contributed by atoms with Crippen molar-refractivity contribution >= 4 is 28.6 Å². The summed E-state index contributed by atoms with van der Waals surface area (Å²) in [4.78, 5) is 16.1. The minimum absolute atomic E-state index is 0.165. The number of aromatic nitrogens is 4. The Kier molecular flexibility index (Phi) is 3.66. The van der Waals surface area contributed by atoms with Crippen molar-refractivity contribution in [2.45, 2.75) is 18.9 Å². The van der Waals surface area contributed by atoms with Crippen molar-refractivity contribution in [2.75, 3.05) is 29.9 Å². The van der Waals surface area contributed by atoms with Gasteiger partial charge in [-0.15, -0.1) is 0 Å². The lowest BCUT2D eigenvalue weighted by atomic mass is 10.1. The Bertz CT molecular complexity index is 845. The van der Waals surface area contributed by atoms with Gasteiger partial charge in [0.2, 0.25) is 5.95 Å². The van der Waals surface area contributed by atoms with Crippen molar-refractivity contribution in [2.24, 2.45) is 0 Å². The van der Waals surface area contributed by atoms with E-state index in [-0.39, 0.29) is 5.95 Å². The number of anilines is 3. The van der Waals surface area contributed by atoms with Crippen LogP contribution in [0.25, 0.3) is 22.3 Å². The van der Waals surface area contributed by atoms with Crippen molar-refractivity contribution in [1.82, 2.24) is 25.3 Å². The number of nitrogens with one attached hydrogen (secondary N) is 3. The lowest BCUT2D eigenvalue weighted by molar-refractivity contribution is 0.478. The monoisotopic (exact) mass is 324 g/mol. The average Bonchev–Trinajstić information content (AvgIpc) is 3.02. The molecule has 0 amide bonds. The number of nitrogens with zero attached hydrogens (tertiary/aromatic N) is 3. The molecule has 24 heavy (non-hydrogen) atoms. The molecule has 1 aliphatic rings. The number of nitrogens with two attached hydrogens (primary N) is 2. The van der Waals surface area contributed by atoms with Gasteiger partial charge < -0.3 is 27.1 Å². The Hall–Kier alpha value is -2.87. The second-order valence-corrected chi connectivity index (χ2v) is 6.00. The quantitative estimate of drug-likeness (QED) is 0.491. The van der Waals surface area contributed by atoms with E-state index in [4.69, 9.17) is 11.5 Å². The van der Waals surface area contributed by atoms with Crippen LogP contribution in [0.4, 0.5) is 17.6 Å². The zero-order valence-corrected chi connectivity index (χ0v) is 13.2. The van der Waals surface area contributed by atoms with Crippen LogP contribution in [0.2, 0.25) is 0 Å². The van der Waals surface area contributed by atoms with Gasteiger partial charge >= 0.3 is 0 Å². The van der Waals surface area contributed by atoms with Gasteiger partial charge in [-0.3, -0.25) is 0 Å². The summed E-state index contributed by atoms with van der Waals surface area (Å²) in [6.45, 7) is 2.04. The molecular formula is C16H20N8. The molecule has 8 heteroatoms. The van der Waals surface area contributed by atoms with Crippen LogP contribution in [0.3, 0.4) is 0 Å². The van der Waals surface area contributed by atoms with Crippen LogP contribution in [0.15, 0.2) is 24.4 Å². The summed E-state index contributed by atoms with van der Waals surface area (Å²) in [6.07, 6.45) is 4.02. The maximum Gasteiger partial charge on any atom is 0.222 e. The fourth-order valence-electron chi connectivity index (χ4n) is 3.12. The molecule has 4 rings (SSSR count). The van der Waals surface area contributed by atoms with Crippen LogP contribution in [0.1, 0.15) is 12.8 Å². The smallest absolute Gasteiger partial charge is 0.222 e. The van der Waals surface area contributed by atoms with E-state index in [2.05, 4.69) is 30.6 Å². The molecule has 8 nitrogen and oxygen atoms in total. The summed E-state index contributed by atoms with van der Waals surface area (Å²) in [6, 6.07) is 6.12. The first kappa shape index (κ1) is 14.7. The van der Waals surface area contributed by atoms with Gasteiger partial charge in [0.15, 0.2) is 0 Å². The Morgan fingerprint density at radius 3 is 2.71 bits per heavy atom. The highest BCUT2D eigenvalue weighted by Gasteiger charge is 2.16. The van der Waals surface area contributed by atoms with Gasteiger partial charge in [0, 0.05) is 29.3 Å². The molecule has 0 saturated carbocycles. The van der Waals surface area contributed by atoms with E-state index >= 15 is 0 Å². The summed E-state index contributed by atoms with van der Waals surface area (Å²) in [5.74, 6) is 1.34. The normalized spacial score (nSPS) is 15.7. The molecule has 1 aliphatic heterocycles. The van der Waals surface area contributed by atoms with Gasteiger partial charge in [0.05, 0.1) is 5.69 Å². The Balaban J connectivity index is 1.77. The summed E-state index contributed by atoms with van der Waals surface area (Å²) in [5, 5.41) is 7.86. The van der Waals surface area contributed by atoms with Crippen LogP contribution < -0.4 is 22.1 Å². The van der Waals surface area contributed by atoms with Gasteiger partial charge in [0.25, 0.3) is 0 Å². The second-order valence-electron chi connectivity index (χ2n) is 6.00. The third kappa shape index (κ3) is 2.83. The number of nitrogen functional groups attached to an aromatic ring is 2. The van der Waals surface area contributed by atoms with Gasteiger partial charge in [-0.05, 0) is 38.1 Å². The molecule has 0 radical (unpaired) electrons. The lowest BCUT2D eigenvalue weighted by Gasteiger charge is -2.24. The fourth-order valence-corrected chi connectivity index (χ4v) is 3.12. The van der Waals surface area contributed by atoms with Crippen molar-refractivity contribution < 1.29 is 0 Å². The lowest BCUT2D eigenvalue weighted by Crippen LogP contribution is -2.35. The van der Waals surface area contributed by atoms with Gasteiger partial charge in [-0.1, -0.05) is 0 Å². The van der Waals surface area contributed by atoms with E-state index in [0.29, 0.717) is 17.6 Å². The zero-order chi connectivity index (χ0) is 16.5. The molecular weight excluding hydrogens is 304 g/mol. The standard InChI is InChI=1S/C16H20N8/c17-13-8-12(22-16(18)23-13)11-7-14(21-9-1-4-19-5-2-9)24-15-10(11)3-6-20-15/h3,6-9,19H,1-2,4-5H2,(H2,20,21,24)(H4,17,18,22,23). The van der Waals surface area contributed by atoms with E-state index in [1.807, 2.05) is 18.3 Å². The molecule has 0 aromatic carbocycles. The molecule has 1 fully saturated rings. The first-order valence-electron chi connectivity index (χ1n) is 8.05. The Labute approximate surface area is 139 Å². The summed E-state index contributed by atoms with van der Waals surface area (Å²) < 4.78 is 0. The van der Waals surface area contributed by atoms with Crippen molar-refractivity contribution in [1.29, 1.82) is 0 Å². The number of piperidine rings is 1. The molecule has 0 spiro atoms. The van der Waals surface area contributed by atoms with Crippen LogP contribution in [-0.2, 0) is 0 Å². The molecule has 124 valence electrons. The fraction of sp³-hybridized carbons (Fsp3) is 0.312. The maximum atomic E-state index is 5.83. The van der Waals surface area contributed by atoms with Gasteiger partial charge in [-0.25, -0.2) is 9.97 Å². The van der Waals surface area contributed by atoms with Gasteiger partial charge in [0.1, 0.15) is 17.3 Å². The first-order valence-corrected chi connectivity index (χ1v) is 8.05. The predicted molar refractivity (Wildman–Crippen MR) is 95.5 cm³/mol. The number of hydrogen-bond acceptors (Lipinski definition) is 7. The van der Waals surface area contributed by atoms with Crippen LogP contribution >= 0.6 is 0 Å². The number of fused-ring (bicyclic) bond motifs is 1. The molecule has 3 aromatic rings. The highest BCUT2D eigenvalue weighted by molar-refractivity contribution is 5.94. The summed E-state index contributed by atoms with van der Waals surface area (Å²) in [5.41, 5.74) is 14.0. The first-order chi connectivity index (χ1) is 11.7. The third-order valence-corrected chi connectivity index (χ3v) is 4.26. The maximum absolute atomic E-state index is 5.83. The van der Waals surface area contributed by atoms with Crippen LogP contribution in [0.5, 0.6) is 0 Å². The van der Waals surface area contributed by atoms with Crippen molar-refractivity contribution in [3.05, 3.63) is 24.4 Å².